The second kappa shape index (κ2) is 15.2. The van der Waals surface area contributed by atoms with Crippen LogP contribution in [0.3, 0.4) is 0 Å². The van der Waals surface area contributed by atoms with Gasteiger partial charge in [-0.25, -0.2) is 4.79 Å². The van der Waals surface area contributed by atoms with Crippen molar-refractivity contribution in [3.05, 3.63) is 0 Å². The Kier molecular flexibility index (Phi) is 14.5. The van der Waals surface area contributed by atoms with Crippen molar-refractivity contribution in [1.29, 1.82) is 0 Å². The predicted molar refractivity (Wildman–Crippen MR) is 99.2 cm³/mol. The van der Waals surface area contributed by atoms with Crippen LogP contribution >= 0.6 is 0 Å². The van der Waals surface area contributed by atoms with Crippen LogP contribution in [0.1, 0.15) is 85.5 Å². The van der Waals surface area contributed by atoms with E-state index in [4.69, 9.17) is 9.47 Å². The van der Waals surface area contributed by atoms with Crippen molar-refractivity contribution < 1.29 is 24.2 Å². The third kappa shape index (κ3) is 12.0. The van der Waals surface area contributed by atoms with E-state index in [1.54, 1.807) is 0 Å². The normalized spacial score (nSPS) is 14.6. The summed E-state index contributed by atoms with van der Waals surface area (Å²) in [5, 5.41) is 9.84. The van der Waals surface area contributed by atoms with E-state index in [0.29, 0.717) is 25.0 Å². The summed E-state index contributed by atoms with van der Waals surface area (Å²) in [6.45, 7) is 9.04. The van der Waals surface area contributed by atoms with Gasteiger partial charge in [-0.2, -0.15) is 0 Å². The minimum atomic E-state index is -1.44. The van der Waals surface area contributed by atoms with Gasteiger partial charge in [0.15, 0.2) is 6.10 Å². The average Bonchev–Trinajstić information content (AvgIpc) is 2.61. The molecule has 5 heteroatoms. The molecule has 0 amide bonds. The van der Waals surface area contributed by atoms with Crippen LogP contribution in [0.4, 0.5) is 0 Å². The van der Waals surface area contributed by atoms with Crippen molar-refractivity contribution in [2.45, 2.75) is 91.6 Å². The molecule has 3 atom stereocenters. The Labute approximate surface area is 153 Å². The van der Waals surface area contributed by atoms with Crippen molar-refractivity contribution in [3.8, 4) is 0 Å². The zero-order chi connectivity index (χ0) is 19.1. The molecule has 0 radical (unpaired) electrons. The number of carbonyl (C=O) groups is 2. The highest BCUT2D eigenvalue weighted by Crippen LogP contribution is 2.15. The smallest absolute Gasteiger partial charge is 0.335 e. The lowest BCUT2D eigenvalue weighted by Crippen LogP contribution is -2.29. The molecular weight excluding hydrogens is 320 g/mol. The summed E-state index contributed by atoms with van der Waals surface area (Å²) in [6, 6.07) is 0. The molecule has 0 aromatic carbocycles. The van der Waals surface area contributed by atoms with Crippen LogP contribution in [0.5, 0.6) is 0 Å². The maximum Gasteiger partial charge on any atom is 0.335 e. The molecule has 0 aliphatic heterocycles. The Bertz CT molecular complexity index is 356. The van der Waals surface area contributed by atoms with E-state index >= 15 is 0 Å². The van der Waals surface area contributed by atoms with Crippen molar-refractivity contribution in [2.75, 3.05) is 13.2 Å². The van der Waals surface area contributed by atoms with Gasteiger partial charge in [-0.15, -0.1) is 0 Å². The summed E-state index contributed by atoms with van der Waals surface area (Å²) in [6.07, 6.45) is 6.58. The Morgan fingerprint density at radius 2 is 1.32 bits per heavy atom. The number of carbonyl (C=O) groups excluding carboxylic acids is 2. The summed E-state index contributed by atoms with van der Waals surface area (Å²) in [5.74, 6) is -0.619. The highest BCUT2D eigenvalue weighted by atomic mass is 16.6. The maximum absolute atomic E-state index is 11.8. The molecule has 0 heterocycles. The lowest BCUT2D eigenvalue weighted by Gasteiger charge is -2.17. The fraction of sp³-hybridized carbons (Fsp3) is 0.900. The largest absolute Gasteiger partial charge is 0.465 e. The number of ether oxygens (including phenoxy) is 2. The first-order chi connectivity index (χ1) is 12.0. The fourth-order valence-corrected chi connectivity index (χ4v) is 2.60. The second-order valence-corrected chi connectivity index (χ2v) is 6.87. The standard InChI is InChI=1S/C20H38O5/c1-5-9-11-16(7-3)14-24-19(22)13-18(21)20(23)25-15-17(8-4)12-10-6-2/h16-18,21H,5-15H2,1-4H3. The summed E-state index contributed by atoms with van der Waals surface area (Å²) in [5.41, 5.74) is 0. The molecule has 0 bridgehead atoms. The zero-order valence-electron chi connectivity index (χ0n) is 16.6. The molecular formula is C20H38O5. The number of unbranched alkanes of at least 4 members (excludes halogenated alkanes) is 2. The van der Waals surface area contributed by atoms with Gasteiger partial charge in [0, 0.05) is 0 Å². The Morgan fingerprint density at radius 3 is 1.76 bits per heavy atom. The van der Waals surface area contributed by atoms with Crippen LogP contribution in [0, 0.1) is 11.8 Å². The maximum atomic E-state index is 11.8. The molecule has 148 valence electrons. The monoisotopic (exact) mass is 358 g/mol. The lowest BCUT2D eigenvalue weighted by atomic mass is 10.0. The second-order valence-electron chi connectivity index (χ2n) is 6.87. The minimum absolute atomic E-state index is 0.302. The van der Waals surface area contributed by atoms with Crippen molar-refractivity contribution in [1.82, 2.24) is 0 Å². The van der Waals surface area contributed by atoms with Crippen molar-refractivity contribution in [2.24, 2.45) is 11.8 Å². The molecule has 0 spiro atoms. The quantitative estimate of drug-likeness (QED) is 0.443. The first kappa shape index (κ1) is 23.9. The Hall–Kier alpha value is -1.10. The van der Waals surface area contributed by atoms with E-state index in [0.717, 1.165) is 51.4 Å². The van der Waals surface area contributed by atoms with Crippen LogP contribution in [-0.4, -0.2) is 36.4 Å². The van der Waals surface area contributed by atoms with Crippen molar-refractivity contribution >= 4 is 11.9 Å². The summed E-state index contributed by atoms with van der Waals surface area (Å²) in [7, 11) is 0. The number of hydrogen-bond acceptors (Lipinski definition) is 5. The predicted octanol–water partition coefficient (Wildman–Crippen LogP) is 4.26. The van der Waals surface area contributed by atoms with Gasteiger partial charge in [-0.1, -0.05) is 66.2 Å². The minimum Gasteiger partial charge on any atom is -0.465 e. The molecule has 0 aliphatic rings. The molecule has 25 heavy (non-hydrogen) atoms. The fourth-order valence-electron chi connectivity index (χ4n) is 2.60. The number of aliphatic hydroxyl groups is 1. The highest BCUT2D eigenvalue weighted by Gasteiger charge is 2.23. The molecule has 0 saturated carbocycles. The van der Waals surface area contributed by atoms with Gasteiger partial charge >= 0.3 is 11.9 Å². The lowest BCUT2D eigenvalue weighted by molar-refractivity contribution is -0.161. The topological polar surface area (TPSA) is 72.8 Å². The van der Waals surface area contributed by atoms with Crippen LogP contribution in [0.2, 0.25) is 0 Å². The summed E-state index contributed by atoms with van der Waals surface area (Å²) < 4.78 is 10.4. The molecule has 0 aromatic rings. The summed E-state index contributed by atoms with van der Waals surface area (Å²) in [4.78, 5) is 23.6. The molecule has 0 rings (SSSR count). The molecule has 0 aliphatic carbocycles. The van der Waals surface area contributed by atoms with Crippen LogP contribution in [0.15, 0.2) is 0 Å². The number of esters is 2. The Balaban J connectivity index is 4.09. The first-order valence-corrected chi connectivity index (χ1v) is 9.98. The average molecular weight is 359 g/mol. The molecule has 5 nitrogen and oxygen atoms in total. The number of rotatable bonds is 15. The van der Waals surface area contributed by atoms with Gasteiger partial charge in [0.25, 0.3) is 0 Å². The van der Waals surface area contributed by atoms with Crippen molar-refractivity contribution in [3.63, 3.8) is 0 Å². The van der Waals surface area contributed by atoms with E-state index < -0.39 is 18.0 Å². The van der Waals surface area contributed by atoms with E-state index in [-0.39, 0.29) is 6.42 Å². The van der Waals surface area contributed by atoms with Crippen LogP contribution in [-0.2, 0) is 19.1 Å². The third-order valence-electron chi connectivity index (χ3n) is 4.66. The Morgan fingerprint density at radius 1 is 0.840 bits per heavy atom. The van der Waals surface area contributed by atoms with E-state index in [1.807, 2.05) is 0 Å². The van der Waals surface area contributed by atoms with E-state index in [9.17, 15) is 14.7 Å². The van der Waals surface area contributed by atoms with Gasteiger partial charge in [0.1, 0.15) is 0 Å². The third-order valence-corrected chi connectivity index (χ3v) is 4.66. The van der Waals surface area contributed by atoms with E-state index in [2.05, 4.69) is 27.7 Å². The molecule has 3 unspecified atom stereocenters. The first-order valence-electron chi connectivity index (χ1n) is 9.98. The van der Waals surface area contributed by atoms with Gasteiger partial charge in [0.2, 0.25) is 0 Å². The van der Waals surface area contributed by atoms with Gasteiger partial charge in [-0.3, -0.25) is 4.79 Å². The van der Waals surface area contributed by atoms with Crippen LogP contribution in [0.25, 0.3) is 0 Å². The molecule has 0 fully saturated rings. The SMILES string of the molecule is CCCCC(CC)COC(=O)CC(O)C(=O)OCC(CC)CCCC. The van der Waals surface area contributed by atoms with Gasteiger partial charge < -0.3 is 14.6 Å². The molecule has 0 aromatic heterocycles. The summed E-state index contributed by atoms with van der Waals surface area (Å²) >= 11 is 0. The zero-order valence-corrected chi connectivity index (χ0v) is 16.6. The number of hydrogen-bond donors (Lipinski definition) is 1. The number of aliphatic hydroxyl groups excluding tert-OH is 1. The van der Waals surface area contributed by atoms with E-state index in [1.165, 1.54) is 0 Å². The van der Waals surface area contributed by atoms with Crippen LogP contribution < -0.4 is 0 Å². The van der Waals surface area contributed by atoms with Gasteiger partial charge in [-0.05, 0) is 24.7 Å². The molecule has 0 saturated heterocycles. The van der Waals surface area contributed by atoms with Gasteiger partial charge in [0.05, 0.1) is 19.6 Å². The molecule has 1 N–H and O–H groups in total. The highest BCUT2D eigenvalue weighted by molar-refractivity contribution is 5.81.